The molecule has 0 amide bonds. The summed E-state index contributed by atoms with van der Waals surface area (Å²) in [4.78, 5) is 15.2. The summed E-state index contributed by atoms with van der Waals surface area (Å²) in [5.74, 6) is -0.852. The molecule has 0 atom stereocenters. The van der Waals surface area contributed by atoms with E-state index >= 15 is 0 Å². The molecule has 1 saturated carbocycles. The number of methoxy groups -OCH3 is 1. The number of nitrogens with two attached hydrogens (primary N) is 1. The molecule has 1 heterocycles. The smallest absolute Gasteiger partial charge is 0.308 e. The Labute approximate surface area is 110 Å². The summed E-state index contributed by atoms with van der Waals surface area (Å²) in [5, 5.41) is 0. The van der Waals surface area contributed by atoms with E-state index in [4.69, 9.17) is 15.2 Å². The maximum Gasteiger partial charge on any atom is 0.308 e. The average Bonchev–Trinajstić information content (AvgIpc) is 2.42. The van der Waals surface area contributed by atoms with Crippen molar-refractivity contribution in [1.82, 2.24) is 4.98 Å². The molecule has 6 heteroatoms. The van der Waals surface area contributed by atoms with Gasteiger partial charge in [0, 0.05) is 6.07 Å². The third-order valence-corrected chi connectivity index (χ3v) is 3.32. The number of halogens is 1. The number of pyridine rings is 1. The molecule has 0 bridgehead atoms. The minimum Gasteiger partial charge on any atom is -0.472 e. The van der Waals surface area contributed by atoms with Gasteiger partial charge in [-0.25, -0.2) is 9.37 Å². The van der Waals surface area contributed by atoms with Crippen molar-refractivity contribution in [3.63, 3.8) is 0 Å². The molecule has 104 valence electrons. The number of carbonyl (C=O) groups excluding carboxylic acids is 1. The number of esters is 1. The highest BCUT2D eigenvalue weighted by Crippen LogP contribution is 2.28. The number of hydrogen-bond acceptors (Lipinski definition) is 5. The monoisotopic (exact) mass is 268 g/mol. The average molecular weight is 268 g/mol. The van der Waals surface area contributed by atoms with E-state index in [-0.39, 0.29) is 29.6 Å². The predicted octanol–water partition coefficient (Wildman–Crippen LogP) is 1.91. The molecule has 1 aromatic heterocycles. The fourth-order valence-corrected chi connectivity index (χ4v) is 2.27. The number of hydrogen-bond donors (Lipinski definition) is 1. The first-order valence-electron chi connectivity index (χ1n) is 6.25. The largest absolute Gasteiger partial charge is 0.472 e. The normalized spacial score (nSPS) is 22.8. The third-order valence-electron chi connectivity index (χ3n) is 3.32. The van der Waals surface area contributed by atoms with Crippen LogP contribution >= 0.6 is 0 Å². The van der Waals surface area contributed by atoms with Crippen LogP contribution in [0.15, 0.2) is 12.3 Å². The summed E-state index contributed by atoms with van der Waals surface area (Å²) in [6.45, 7) is 0. The summed E-state index contributed by atoms with van der Waals surface area (Å²) < 4.78 is 23.7. The lowest BCUT2D eigenvalue weighted by atomic mass is 9.87. The molecular weight excluding hydrogens is 251 g/mol. The van der Waals surface area contributed by atoms with Gasteiger partial charge in [0.1, 0.15) is 6.10 Å². The quantitative estimate of drug-likeness (QED) is 0.848. The summed E-state index contributed by atoms with van der Waals surface area (Å²) in [6, 6.07) is 1.18. The molecule has 0 spiro atoms. The Morgan fingerprint density at radius 1 is 1.42 bits per heavy atom. The molecule has 1 aliphatic rings. The number of carbonyl (C=O) groups is 1. The fourth-order valence-electron chi connectivity index (χ4n) is 2.27. The van der Waals surface area contributed by atoms with Gasteiger partial charge in [-0.3, -0.25) is 4.79 Å². The fraction of sp³-hybridized carbons (Fsp3) is 0.538. The topological polar surface area (TPSA) is 74.4 Å². The van der Waals surface area contributed by atoms with Crippen LogP contribution < -0.4 is 10.5 Å². The van der Waals surface area contributed by atoms with Crippen molar-refractivity contribution < 1.29 is 18.7 Å². The van der Waals surface area contributed by atoms with Crippen molar-refractivity contribution in [2.45, 2.75) is 31.8 Å². The SMILES string of the molecule is COC(=O)[C@H]1CC[C@H](Oc2ncc(N)cc2F)CC1. The predicted molar refractivity (Wildman–Crippen MR) is 67.0 cm³/mol. The molecule has 0 aliphatic heterocycles. The molecule has 19 heavy (non-hydrogen) atoms. The maximum atomic E-state index is 13.5. The number of nitrogen functional groups attached to an aromatic ring is 1. The highest BCUT2D eigenvalue weighted by Gasteiger charge is 2.28. The van der Waals surface area contributed by atoms with Gasteiger partial charge in [0.25, 0.3) is 5.88 Å². The van der Waals surface area contributed by atoms with Gasteiger partial charge >= 0.3 is 5.97 Å². The second-order valence-corrected chi connectivity index (χ2v) is 4.67. The van der Waals surface area contributed by atoms with Crippen LogP contribution in [0, 0.1) is 11.7 Å². The van der Waals surface area contributed by atoms with E-state index in [1.165, 1.54) is 19.4 Å². The molecule has 0 aromatic carbocycles. The van der Waals surface area contributed by atoms with Gasteiger partial charge in [-0.15, -0.1) is 0 Å². The lowest BCUT2D eigenvalue weighted by molar-refractivity contribution is -0.147. The van der Waals surface area contributed by atoms with Crippen LogP contribution in [-0.2, 0) is 9.53 Å². The summed E-state index contributed by atoms with van der Waals surface area (Å²) in [5.41, 5.74) is 5.68. The van der Waals surface area contributed by atoms with Crippen LogP contribution in [0.4, 0.5) is 10.1 Å². The zero-order valence-electron chi connectivity index (χ0n) is 10.8. The summed E-state index contributed by atoms with van der Waals surface area (Å²) in [6.07, 6.45) is 3.99. The van der Waals surface area contributed by atoms with Gasteiger partial charge in [0.2, 0.25) is 0 Å². The number of ether oxygens (including phenoxy) is 2. The third kappa shape index (κ3) is 3.33. The molecule has 2 N–H and O–H groups in total. The van der Waals surface area contributed by atoms with E-state index in [0.29, 0.717) is 25.7 Å². The first-order valence-corrected chi connectivity index (χ1v) is 6.25. The second-order valence-electron chi connectivity index (χ2n) is 4.67. The van der Waals surface area contributed by atoms with Gasteiger partial charge in [0.05, 0.1) is 24.9 Å². The Hall–Kier alpha value is -1.85. The minimum atomic E-state index is -0.560. The molecular formula is C13H17FN2O3. The Kier molecular flexibility index (Phi) is 4.19. The van der Waals surface area contributed by atoms with Gasteiger partial charge in [-0.05, 0) is 25.7 Å². The lowest BCUT2D eigenvalue weighted by Gasteiger charge is -2.27. The van der Waals surface area contributed by atoms with Crippen LogP contribution in [-0.4, -0.2) is 24.2 Å². The molecule has 1 fully saturated rings. The van der Waals surface area contributed by atoms with E-state index < -0.39 is 5.82 Å². The van der Waals surface area contributed by atoms with Crippen LogP contribution in [0.1, 0.15) is 25.7 Å². The van der Waals surface area contributed by atoms with E-state index in [0.717, 1.165) is 0 Å². The number of anilines is 1. The van der Waals surface area contributed by atoms with Crippen molar-refractivity contribution in [2.75, 3.05) is 12.8 Å². The first kappa shape index (κ1) is 13.6. The lowest BCUT2D eigenvalue weighted by Crippen LogP contribution is -2.29. The van der Waals surface area contributed by atoms with Crippen molar-refractivity contribution >= 4 is 11.7 Å². The molecule has 0 saturated heterocycles. The van der Waals surface area contributed by atoms with Crippen molar-refractivity contribution in [2.24, 2.45) is 5.92 Å². The van der Waals surface area contributed by atoms with E-state index in [1.54, 1.807) is 0 Å². The Morgan fingerprint density at radius 2 is 2.11 bits per heavy atom. The molecule has 1 aliphatic carbocycles. The number of rotatable bonds is 3. The van der Waals surface area contributed by atoms with Gasteiger partial charge in [-0.1, -0.05) is 0 Å². The van der Waals surface area contributed by atoms with E-state index in [1.807, 2.05) is 0 Å². The molecule has 5 nitrogen and oxygen atoms in total. The highest BCUT2D eigenvalue weighted by atomic mass is 19.1. The van der Waals surface area contributed by atoms with Gasteiger partial charge < -0.3 is 15.2 Å². The van der Waals surface area contributed by atoms with Gasteiger partial charge in [0.15, 0.2) is 5.82 Å². The summed E-state index contributed by atoms with van der Waals surface area (Å²) in [7, 11) is 1.39. The Balaban J connectivity index is 1.90. The molecule has 1 aromatic rings. The zero-order valence-corrected chi connectivity index (χ0v) is 10.8. The van der Waals surface area contributed by atoms with Crippen LogP contribution in [0.25, 0.3) is 0 Å². The van der Waals surface area contributed by atoms with Crippen molar-refractivity contribution in [3.8, 4) is 5.88 Å². The van der Waals surface area contributed by atoms with Crippen LogP contribution in [0.2, 0.25) is 0 Å². The van der Waals surface area contributed by atoms with Crippen LogP contribution in [0.3, 0.4) is 0 Å². The molecule has 2 rings (SSSR count). The van der Waals surface area contributed by atoms with Crippen molar-refractivity contribution in [3.05, 3.63) is 18.1 Å². The van der Waals surface area contributed by atoms with Crippen molar-refractivity contribution in [1.29, 1.82) is 0 Å². The molecule has 0 unspecified atom stereocenters. The minimum absolute atomic E-state index is 0.0317. The van der Waals surface area contributed by atoms with E-state index in [2.05, 4.69) is 4.98 Å². The van der Waals surface area contributed by atoms with E-state index in [9.17, 15) is 9.18 Å². The second kappa shape index (κ2) is 5.86. The van der Waals surface area contributed by atoms with Crippen LogP contribution in [0.5, 0.6) is 5.88 Å². The zero-order chi connectivity index (χ0) is 13.8. The highest BCUT2D eigenvalue weighted by molar-refractivity contribution is 5.72. The Morgan fingerprint density at radius 3 is 2.68 bits per heavy atom. The van der Waals surface area contributed by atoms with Gasteiger partial charge in [-0.2, -0.15) is 0 Å². The molecule has 0 radical (unpaired) electrons. The standard InChI is InChI=1S/C13H17FN2O3/c1-18-13(17)8-2-4-10(5-3-8)19-12-11(14)6-9(15)7-16-12/h6-8,10H,2-5,15H2,1H3/t8-,10-. The number of aromatic nitrogens is 1. The number of nitrogens with zero attached hydrogens (tertiary/aromatic N) is 1. The maximum absolute atomic E-state index is 13.5. The Bertz CT molecular complexity index is 459. The first-order chi connectivity index (χ1) is 9.10. The summed E-state index contributed by atoms with van der Waals surface area (Å²) >= 11 is 0.